The predicted molar refractivity (Wildman–Crippen MR) is 87.4 cm³/mol. The Hall–Kier alpha value is -1.75. The van der Waals surface area contributed by atoms with Crippen molar-refractivity contribution in [1.29, 1.82) is 0 Å². The number of nitrogens with zero attached hydrogens (tertiary/aromatic N) is 1. The van der Waals surface area contributed by atoms with E-state index in [0.717, 1.165) is 56.2 Å². The highest BCUT2D eigenvalue weighted by Crippen LogP contribution is 2.22. The fourth-order valence-electron chi connectivity index (χ4n) is 2.73. The van der Waals surface area contributed by atoms with Crippen LogP contribution in [0.4, 0.5) is 0 Å². The molecule has 0 aromatic heterocycles. The van der Waals surface area contributed by atoms with E-state index in [4.69, 9.17) is 9.47 Å². The van der Waals surface area contributed by atoms with Crippen LogP contribution in [-0.4, -0.2) is 38.4 Å². The molecule has 2 aliphatic rings. The first kappa shape index (κ1) is 15.2. The zero-order valence-corrected chi connectivity index (χ0v) is 13.2. The van der Waals surface area contributed by atoms with Gasteiger partial charge in [0.05, 0.1) is 6.10 Å². The van der Waals surface area contributed by atoms with E-state index in [9.17, 15) is 0 Å². The van der Waals surface area contributed by atoms with E-state index in [1.165, 1.54) is 5.56 Å². The monoisotopic (exact) mass is 303 g/mol. The number of rotatable bonds is 5. The van der Waals surface area contributed by atoms with Gasteiger partial charge in [-0.25, -0.2) is 0 Å². The quantitative estimate of drug-likeness (QED) is 0.873. The Balaban J connectivity index is 1.60. The van der Waals surface area contributed by atoms with Crippen LogP contribution >= 0.6 is 0 Å². The lowest BCUT2D eigenvalue weighted by molar-refractivity contribution is 0.0676. The highest BCUT2D eigenvalue weighted by atomic mass is 16.5. The molecule has 120 valence electrons. The highest BCUT2D eigenvalue weighted by molar-refractivity contribution is 5.80. The van der Waals surface area contributed by atoms with Crippen LogP contribution in [0, 0.1) is 6.92 Å². The Bertz CT molecular complexity index is 525. The van der Waals surface area contributed by atoms with E-state index < -0.39 is 0 Å². The number of aryl methyl sites for hydroxylation is 1. The molecule has 1 aromatic rings. The maximum atomic E-state index is 6.02. The van der Waals surface area contributed by atoms with Crippen LogP contribution in [0.15, 0.2) is 23.2 Å². The second-order valence-electron chi connectivity index (χ2n) is 5.92. The molecule has 0 radical (unpaired) electrons. The molecule has 1 fully saturated rings. The van der Waals surface area contributed by atoms with Gasteiger partial charge in [0.25, 0.3) is 0 Å². The van der Waals surface area contributed by atoms with E-state index in [0.29, 0.717) is 13.2 Å². The molecule has 2 heterocycles. The van der Waals surface area contributed by atoms with Gasteiger partial charge < -0.3 is 20.1 Å². The second kappa shape index (κ2) is 7.49. The molecule has 22 heavy (non-hydrogen) atoms. The van der Waals surface area contributed by atoms with Crippen LogP contribution < -0.4 is 15.4 Å². The second-order valence-corrected chi connectivity index (χ2v) is 5.92. The summed E-state index contributed by atoms with van der Waals surface area (Å²) in [4.78, 5) is 4.43. The summed E-state index contributed by atoms with van der Waals surface area (Å²) in [7, 11) is 0. The summed E-state index contributed by atoms with van der Waals surface area (Å²) >= 11 is 0. The third-order valence-electron chi connectivity index (χ3n) is 4.01. The number of aliphatic imine (C=N–C) groups is 1. The molecule has 5 nitrogen and oxygen atoms in total. The standard InChI is InChI=1S/C17H25N3O2/c1-13-5-6-14(11-20-17-18-7-3-8-19-17)16(10-13)22-12-15-4-2-9-21-15/h5-6,10,15H,2-4,7-9,11-12H2,1H3,(H2,18,19,20). The molecule has 0 saturated carbocycles. The van der Waals surface area contributed by atoms with Gasteiger partial charge in [-0.1, -0.05) is 12.1 Å². The minimum Gasteiger partial charge on any atom is -0.491 e. The van der Waals surface area contributed by atoms with Gasteiger partial charge >= 0.3 is 0 Å². The molecular weight excluding hydrogens is 278 g/mol. The average molecular weight is 303 g/mol. The fourth-order valence-corrected chi connectivity index (χ4v) is 2.73. The third-order valence-corrected chi connectivity index (χ3v) is 4.01. The summed E-state index contributed by atoms with van der Waals surface area (Å²) < 4.78 is 11.6. The third kappa shape index (κ3) is 4.13. The summed E-state index contributed by atoms with van der Waals surface area (Å²) in [5.41, 5.74) is 2.36. The van der Waals surface area contributed by atoms with Crippen molar-refractivity contribution in [2.24, 2.45) is 4.99 Å². The van der Waals surface area contributed by atoms with Crippen LogP contribution in [0.5, 0.6) is 5.75 Å². The summed E-state index contributed by atoms with van der Waals surface area (Å²) in [5, 5.41) is 6.63. The van der Waals surface area contributed by atoms with Gasteiger partial charge in [0.15, 0.2) is 5.96 Å². The van der Waals surface area contributed by atoms with E-state index in [-0.39, 0.29) is 6.10 Å². The molecule has 1 unspecified atom stereocenters. The largest absolute Gasteiger partial charge is 0.491 e. The van der Waals surface area contributed by atoms with Crippen molar-refractivity contribution in [2.45, 2.75) is 38.8 Å². The van der Waals surface area contributed by atoms with Crippen molar-refractivity contribution in [3.63, 3.8) is 0 Å². The van der Waals surface area contributed by atoms with Gasteiger partial charge in [-0.15, -0.1) is 0 Å². The molecule has 0 aliphatic carbocycles. The van der Waals surface area contributed by atoms with Gasteiger partial charge in [-0.05, 0) is 37.8 Å². The van der Waals surface area contributed by atoms with Crippen LogP contribution in [0.25, 0.3) is 0 Å². The van der Waals surface area contributed by atoms with Crippen molar-refractivity contribution in [3.8, 4) is 5.75 Å². The lowest BCUT2D eigenvalue weighted by Crippen LogP contribution is -2.40. The topological polar surface area (TPSA) is 54.9 Å². The molecule has 0 spiro atoms. The van der Waals surface area contributed by atoms with Gasteiger partial charge in [0.2, 0.25) is 0 Å². The summed E-state index contributed by atoms with van der Waals surface area (Å²) in [6.07, 6.45) is 3.58. The number of benzene rings is 1. The van der Waals surface area contributed by atoms with Gasteiger partial charge in [-0.2, -0.15) is 0 Å². The summed E-state index contributed by atoms with van der Waals surface area (Å²) in [6.45, 7) is 6.18. The maximum absolute atomic E-state index is 6.02. The number of guanidine groups is 1. The molecular formula is C17H25N3O2. The Kier molecular flexibility index (Phi) is 5.16. The number of hydrogen-bond donors (Lipinski definition) is 2. The molecule has 5 heteroatoms. The minimum atomic E-state index is 0.241. The first-order chi connectivity index (χ1) is 10.8. The molecule has 2 N–H and O–H groups in total. The van der Waals surface area contributed by atoms with E-state index in [1.807, 2.05) is 0 Å². The number of ether oxygens (including phenoxy) is 2. The molecule has 1 saturated heterocycles. The van der Waals surface area contributed by atoms with Gasteiger partial charge in [0, 0.05) is 31.8 Å². The number of hydrogen-bond acceptors (Lipinski definition) is 5. The zero-order valence-electron chi connectivity index (χ0n) is 13.2. The van der Waals surface area contributed by atoms with E-state index >= 15 is 0 Å². The van der Waals surface area contributed by atoms with Crippen LogP contribution in [-0.2, 0) is 11.3 Å². The molecule has 1 aromatic carbocycles. The maximum Gasteiger partial charge on any atom is 0.191 e. The number of nitrogens with one attached hydrogen (secondary N) is 2. The molecule has 0 bridgehead atoms. The predicted octanol–water partition coefficient (Wildman–Crippen LogP) is 1.99. The summed E-state index contributed by atoms with van der Waals surface area (Å²) in [5.74, 6) is 1.83. The van der Waals surface area contributed by atoms with Crippen molar-refractivity contribution in [2.75, 3.05) is 26.3 Å². The molecule has 3 rings (SSSR count). The van der Waals surface area contributed by atoms with Crippen LogP contribution in [0.2, 0.25) is 0 Å². The lowest BCUT2D eigenvalue weighted by Gasteiger charge is -2.18. The minimum absolute atomic E-state index is 0.241. The Morgan fingerprint density at radius 1 is 1.41 bits per heavy atom. The van der Waals surface area contributed by atoms with E-state index in [1.54, 1.807) is 0 Å². The lowest BCUT2D eigenvalue weighted by atomic mass is 10.1. The molecule has 0 amide bonds. The van der Waals surface area contributed by atoms with Gasteiger partial charge in [-0.3, -0.25) is 4.99 Å². The molecule has 2 aliphatic heterocycles. The van der Waals surface area contributed by atoms with Crippen molar-refractivity contribution < 1.29 is 9.47 Å². The first-order valence-electron chi connectivity index (χ1n) is 8.17. The Morgan fingerprint density at radius 3 is 3.14 bits per heavy atom. The SMILES string of the molecule is Cc1ccc(CNC2=NCCCN2)c(OCC2CCCO2)c1. The molecule has 1 atom stereocenters. The zero-order chi connectivity index (χ0) is 15.2. The van der Waals surface area contributed by atoms with Crippen LogP contribution in [0.1, 0.15) is 30.4 Å². The normalized spacial score (nSPS) is 21.1. The fraction of sp³-hybridized carbons (Fsp3) is 0.588. The Morgan fingerprint density at radius 2 is 2.36 bits per heavy atom. The van der Waals surface area contributed by atoms with Crippen molar-refractivity contribution in [3.05, 3.63) is 29.3 Å². The van der Waals surface area contributed by atoms with E-state index in [2.05, 4.69) is 40.7 Å². The Labute approximate surface area is 132 Å². The van der Waals surface area contributed by atoms with Crippen LogP contribution in [0.3, 0.4) is 0 Å². The highest BCUT2D eigenvalue weighted by Gasteiger charge is 2.17. The first-order valence-corrected chi connectivity index (χ1v) is 8.17. The summed E-state index contributed by atoms with van der Waals surface area (Å²) in [6, 6.07) is 6.34. The van der Waals surface area contributed by atoms with Gasteiger partial charge in [0.1, 0.15) is 12.4 Å². The van der Waals surface area contributed by atoms with Crippen molar-refractivity contribution in [1.82, 2.24) is 10.6 Å². The van der Waals surface area contributed by atoms with Crippen molar-refractivity contribution >= 4 is 5.96 Å². The average Bonchev–Trinajstić information content (AvgIpc) is 3.06. The smallest absolute Gasteiger partial charge is 0.191 e.